The number of aliphatic hydroxyl groups is 3. The van der Waals surface area contributed by atoms with Crippen molar-refractivity contribution in [2.45, 2.75) is 30.6 Å². The van der Waals surface area contributed by atoms with Crippen molar-refractivity contribution in [3.63, 3.8) is 0 Å². The van der Waals surface area contributed by atoms with Gasteiger partial charge < -0.3 is 40.5 Å². The molecule has 6 N–H and O–H groups in total. The van der Waals surface area contributed by atoms with E-state index in [2.05, 4.69) is 11.8 Å². The van der Waals surface area contributed by atoms with E-state index < -0.39 is 58.7 Å². The minimum Gasteiger partial charge on any atom is -0.507 e. The smallest absolute Gasteiger partial charge is 0.230 e. The number of ketones is 2. The second-order valence-electron chi connectivity index (χ2n) is 13.1. The van der Waals surface area contributed by atoms with Gasteiger partial charge in [-0.25, -0.2) is 0 Å². The first kappa shape index (κ1) is 34.5. The van der Waals surface area contributed by atoms with Crippen LogP contribution in [0.5, 0.6) is 17.2 Å². The van der Waals surface area contributed by atoms with Gasteiger partial charge in [0.15, 0.2) is 11.4 Å². The number of amides is 1. The molecule has 2 saturated carbocycles. The highest BCUT2D eigenvalue weighted by atomic mass is 16.5. The quantitative estimate of drug-likeness (QED) is 0.148. The third-order valence-electron chi connectivity index (χ3n) is 10.1. The van der Waals surface area contributed by atoms with E-state index in [1.54, 1.807) is 63.5 Å². The summed E-state index contributed by atoms with van der Waals surface area (Å²) in [5.41, 5.74) is 5.27. The fourth-order valence-electron chi connectivity index (χ4n) is 7.66. The van der Waals surface area contributed by atoms with Gasteiger partial charge in [-0.1, -0.05) is 36.1 Å². The maximum Gasteiger partial charge on any atom is 0.230 e. The number of hydrogen-bond acceptors (Lipinski definition) is 10. The molecule has 0 radical (unpaired) electrons. The number of likely N-dealkylation sites (N-methyl/N-ethyl adjacent to an activating group) is 1. The standard InChI is InChI=1S/C39H38N2O9/c1-41(2)32-28-19-24-18-27-22(11-5-20-7-13-25(49-3)14-8-20)17-23(12-6-21-9-15-26(50-4)16-10-21)33(42)30(27)34(43)29(24)36(45)39(28,48)37(46)31(35(32)44)38(40)47/h5,7-11,13-17,24,28,31-32,35,42-44,48H,18-19H2,1-4H3,(H2,40,47)/b11-5+/t24-,28-,31?,32-,35?,39-/m1/s1. The van der Waals surface area contributed by atoms with E-state index in [0.717, 1.165) is 5.56 Å². The van der Waals surface area contributed by atoms with Gasteiger partial charge in [0.05, 0.1) is 31.5 Å². The number of nitrogens with two attached hydrogens (primary N) is 1. The number of primary amides is 1. The average Bonchev–Trinajstić information content (AvgIpc) is 3.09. The number of rotatable bonds is 6. The summed E-state index contributed by atoms with van der Waals surface area (Å²) >= 11 is 0. The van der Waals surface area contributed by atoms with E-state index in [1.807, 2.05) is 36.4 Å². The van der Waals surface area contributed by atoms with Gasteiger partial charge in [0, 0.05) is 23.1 Å². The number of phenols is 1. The molecule has 2 unspecified atom stereocenters. The van der Waals surface area contributed by atoms with Crippen LogP contribution in [0, 0.1) is 29.6 Å². The van der Waals surface area contributed by atoms with Gasteiger partial charge in [-0.15, -0.1) is 0 Å². The van der Waals surface area contributed by atoms with Crippen LogP contribution in [-0.4, -0.2) is 88.9 Å². The summed E-state index contributed by atoms with van der Waals surface area (Å²) in [5, 5.41) is 46.6. The number of Topliss-reactive ketones (excluding diaryl/α,β-unsaturated/α-hetero) is 2. The zero-order chi connectivity index (χ0) is 36.1. The Bertz CT molecular complexity index is 2000. The van der Waals surface area contributed by atoms with Crippen molar-refractivity contribution in [2.75, 3.05) is 28.3 Å². The monoisotopic (exact) mass is 678 g/mol. The normalized spacial score (nSPS) is 25.8. The van der Waals surface area contributed by atoms with E-state index in [0.29, 0.717) is 28.2 Å². The Kier molecular flexibility index (Phi) is 9.05. The third kappa shape index (κ3) is 5.61. The largest absolute Gasteiger partial charge is 0.507 e. The third-order valence-corrected chi connectivity index (χ3v) is 10.1. The van der Waals surface area contributed by atoms with Gasteiger partial charge in [0.25, 0.3) is 0 Å². The molecule has 0 spiro atoms. The van der Waals surface area contributed by atoms with Crippen LogP contribution >= 0.6 is 0 Å². The zero-order valence-electron chi connectivity index (χ0n) is 28.0. The molecule has 0 aliphatic heterocycles. The molecule has 11 heteroatoms. The highest BCUT2D eigenvalue weighted by Gasteiger charge is 2.67. The van der Waals surface area contributed by atoms with Crippen LogP contribution in [-0.2, 0) is 20.8 Å². The van der Waals surface area contributed by atoms with Crippen molar-refractivity contribution in [3.8, 4) is 29.1 Å². The summed E-state index contributed by atoms with van der Waals surface area (Å²) in [7, 11) is 6.35. The summed E-state index contributed by atoms with van der Waals surface area (Å²) in [6, 6.07) is 15.1. The second-order valence-corrected chi connectivity index (χ2v) is 13.1. The minimum absolute atomic E-state index is 0.0135. The average molecular weight is 679 g/mol. The van der Waals surface area contributed by atoms with Gasteiger partial charge in [-0.05, 0) is 92.0 Å². The van der Waals surface area contributed by atoms with Gasteiger partial charge in [-0.2, -0.15) is 0 Å². The number of phenolic OH excluding ortho intramolecular Hbond substituents is 1. The molecular formula is C39H38N2O9. The van der Waals surface area contributed by atoms with Gasteiger partial charge in [0.2, 0.25) is 11.7 Å². The number of methoxy groups -OCH3 is 2. The molecule has 6 atom stereocenters. The SMILES string of the molecule is COc1ccc(C#Cc2cc(/C=C/c3ccc(OC)cc3)c3c(c2O)C(O)=C2C(=O)[C@@]4(O)C(=O)C(C(N)=O)C(O)[C@H](N(C)C)[C@H]4C[C@H]2C3)cc1. The molecule has 1 amide bonds. The van der Waals surface area contributed by atoms with Crippen LogP contribution in [0.3, 0.4) is 0 Å². The molecule has 258 valence electrons. The minimum atomic E-state index is -2.75. The molecule has 0 saturated heterocycles. The molecule has 0 bridgehead atoms. The van der Waals surface area contributed by atoms with Gasteiger partial charge >= 0.3 is 0 Å². The lowest BCUT2D eigenvalue weighted by molar-refractivity contribution is -0.184. The van der Waals surface area contributed by atoms with Crippen molar-refractivity contribution in [1.29, 1.82) is 0 Å². The van der Waals surface area contributed by atoms with Crippen LogP contribution in [0.1, 0.15) is 39.8 Å². The molecule has 0 aromatic heterocycles. The molecule has 11 nitrogen and oxygen atoms in total. The Hall–Kier alpha value is -5.41. The Morgan fingerprint density at radius 2 is 1.60 bits per heavy atom. The predicted molar refractivity (Wildman–Crippen MR) is 185 cm³/mol. The number of carbonyl (C=O) groups excluding carboxylic acids is 3. The number of carbonyl (C=O) groups is 3. The maximum atomic E-state index is 14.3. The summed E-state index contributed by atoms with van der Waals surface area (Å²) in [6.07, 6.45) is 2.28. The van der Waals surface area contributed by atoms with Crippen LogP contribution in [0.2, 0.25) is 0 Å². The van der Waals surface area contributed by atoms with Crippen LogP contribution in [0.15, 0.2) is 60.2 Å². The first-order valence-corrected chi connectivity index (χ1v) is 16.1. The number of aliphatic hydroxyl groups excluding tert-OH is 2. The van der Waals surface area contributed by atoms with E-state index in [4.69, 9.17) is 15.2 Å². The van der Waals surface area contributed by atoms with Crippen molar-refractivity contribution in [1.82, 2.24) is 4.90 Å². The van der Waals surface area contributed by atoms with Crippen molar-refractivity contribution in [3.05, 3.63) is 93.6 Å². The molecular weight excluding hydrogens is 640 g/mol. The summed E-state index contributed by atoms with van der Waals surface area (Å²) in [4.78, 5) is 41.9. The maximum absolute atomic E-state index is 14.3. The fourth-order valence-corrected chi connectivity index (χ4v) is 7.66. The number of hydrogen-bond donors (Lipinski definition) is 5. The van der Waals surface area contributed by atoms with E-state index >= 15 is 0 Å². The number of ether oxygens (including phenoxy) is 2. The fraction of sp³-hybridized carbons (Fsp3) is 0.308. The first-order valence-electron chi connectivity index (χ1n) is 16.1. The molecule has 0 heterocycles. The van der Waals surface area contributed by atoms with Crippen molar-refractivity contribution < 1.29 is 44.3 Å². The summed E-state index contributed by atoms with van der Waals surface area (Å²) < 4.78 is 10.5. The molecule has 3 aromatic carbocycles. The van der Waals surface area contributed by atoms with Gasteiger partial charge in [-0.3, -0.25) is 14.4 Å². The Morgan fingerprint density at radius 3 is 2.18 bits per heavy atom. The number of fused-ring (bicyclic) bond motifs is 3. The Morgan fingerprint density at radius 1 is 0.980 bits per heavy atom. The molecule has 6 rings (SSSR count). The first-order chi connectivity index (χ1) is 23.8. The number of nitrogens with zero attached hydrogens (tertiary/aromatic N) is 1. The van der Waals surface area contributed by atoms with Crippen molar-refractivity contribution in [2.24, 2.45) is 23.5 Å². The van der Waals surface area contributed by atoms with Crippen LogP contribution in [0.4, 0.5) is 0 Å². The number of benzene rings is 3. The predicted octanol–water partition coefficient (Wildman–Crippen LogP) is 2.72. The van der Waals surface area contributed by atoms with Crippen LogP contribution < -0.4 is 15.2 Å². The van der Waals surface area contributed by atoms with Crippen LogP contribution in [0.25, 0.3) is 17.9 Å². The molecule has 3 aromatic rings. The topological polar surface area (TPSA) is 180 Å². The van der Waals surface area contributed by atoms with E-state index in [-0.39, 0.29) is 35.3 Å². The molecule has 2 fully saturated rings. The molecule has 50 heavy (non-hydrogen) atoms. The van der Waals surface area contributed by atoms with Gasteiger partial charge in [0.1, 0.15) is 28.9 Å². The summed E-state index contributed by atoms with van der Waals surface area (Å²) in [6.45, 7) is 0. The Balaban J connectivity index is 1.52. The van der Waals surface area contributed by atoms with E-state index in [1.165, 1.54) is 0 Å². The lowest BCUT2D eigenvalue weighted by Gasteiger charge is -2.53. The van der Waals surface area contributed by atoms with E-state index in [9.17, 15) is 34.8 Å². The highest BCUT2D eigenvalue weighted by molar-refractivity contribution is 6.25. The summed E-state index contributed by atoms with van der Waals surface area (Å²) in [5.74, 6) is -0.755. The number of aromatic hydroxyl groups is 1. The zero-order valence-corrected chi connectivity index (χ0v) is 28.0. The molecule has 3 aliphatic carbocycles. The van der Waals surface area contributed by atoms with Crippen molar-refractivity contribution >= 4 is 35.4 Å². The molecule has 3 aliphatic rings. The lowest BCUT2D eigenvalue weighted by atomic mass is 9.54. The highest BCUT2D eigenvalue weighted by Crippen LogP contribution is 2.53. The Labute approximate surface area is 289 Å². The lowest BCUT2D eigenvalue weighted by Crippen LogP contribution is -2.73. The second kappa shape index (κ2) is 13.1.